The second-order valence-electron chi connectivity index (χ2n) is 7.40. The van der Waals surface area contributed by atoms with Crippen LogP contribution in [0.15, 0.2) is 77.7 Å². The molecule has 0 aliphatic carbocycles. The number of aryl methyl sites for hydroxylation is 1. The lowest BCUT2D eigenvalue weighted by molar-refractivity contribution is 0.0926. The van der Waals surface area contributed by atoms with Crippen LogP contribution >= 0.6 is 0 Å². The van der Waals surface area contributed by atoms with E-state index in [1.807, 2.05) is 38.1 Å². The quantitative estimate of drug-likeness (QED) is 0.549. The van der Waals surface area contributed by atoms with Gasteiger partial charge in [-0.2, -0.15) is 0 Å². The molecule has 31 heavy (non-hydrogen) atoms. The van der Waals surface area contributed by atoms with Crippen LogP contribution in [0.4, 0.5) is 5.69 Å². The van der Waals surface area contributed by atoms with Gasteiger partial charge >= 0.3 is 0 Å². The van der Waals surface area contributed by atoms with Crippen LogP contribution in [0.3, 0.4) is 0 Å². The van der Waals surface area contributed by atoms with Crippen LogP contribution in [-0.2, 0) is 10.0 Å². The van der Waals surface area contributed by atoms with Gasteiger partial charge in [0.15, 0.2) is 0 Å². The van der Waals surface area contributed by atoms with Crippen molar-refractivity contribution in [2.45, 2.75) is 31.7 Å². The number of hydrogen-bond acceptors (Lipinski definition) is 4. The summed E-state index contributed by atoms with van der Waals surface area (Å²) in [7, 11) is -3.75. The lowest BCUT2D eigenvalue weighted by Crippen LogP contribution is -2.37. The van der Waals surface area contributed by atoms with Crippen molar-refractivity contribution in [2.75, 3.05) is 11.3 Å². The van der Waals surface area contributed by atoms with Crippen molar-refractivity contribution in [3.05, 3.63) is 89.5 Å². The number of rotatable bonds is 8. The molecule has 2 N–H and O–H groups in total. The van der Waals surface area contributed by atoms with Crippen LogP contribution < -0.4 is 14.8 Å². The summed E-state index contributed by atoms with van der Waals surface area (Å²) in [5.74, 6) is 0.443. The highest BCUT2D eigenvalue weighted by Gasteiger charge is 2.18. The Morgan fingerprint density at radius 1 is 0.935 bits per heavy atom. The monoisotopic (exact) mass is 438 g/mol. The molecular weight excluding hydrogens is 412 g/mol. The Morgan fingerprint density at radius 2 is 1.61 bits per heavy atom. The van der Waals surface area contributed by atoms with E-state index in [-0.39, 0.29) is 16.8 Å². The van der Waals surface area contributed by atoms with Crippen molar-refractivity contribution in [1.29, 1.82) is 0 Å². The highest BCUT2D eigenvalue weighted by Crippen LogP contribution is 2.22. The zero-order chi connectivity index (χ0) is 22.4. The smallest absolute Gasteiger partial charge is 0.261 e. The van der Waals surface area contributed by atoms with Crippen LogP contribution in [0.25, 0.3) is 0 Å². The SMILES string of the molecule is Cc1ccc(OCC(C)NC(=O)c2cccc(NS(=O)(=O)c3ccccc3)c2C)cc1. The molecule has 3 rings (SSSR count). The summed E-state index contributed by atoms with van der Waals surface area (Å²) in [5, 5.41) is 2.90. The zero-order valence-corrected chi connectivity index (χ0v) is 18.6. The summed E-state index contributed by atoms with van der Waals surface area (Å²) in [6.07, 6.45) is 0. The minimum Gasteiger partial charge on any atom is -0.491 e. The van der Waals surface area contributed by atoms with Crippen LogP contribution in [0.1, 0.15) is 28.4 Å². The van der Waals surface area contributed by atoms with Gasteiger partial charge in [-0.05, 0) is 62.7 Å². The summed E-state index contributed by atoms with van der Waals surface area (Å²) >= 11 is 0. The predicted molar refractivity (Wildman–Crippen MR) is 122 cm³/mol. The van der Waals surface area contributed by atoms with Gasteiger partial charge in [-0.15, -0.1) is 0 Å². The number of amides is 1. The van der Waals surface area contributed by atoms with Crippen molar-refractivity contribution in [1.82, 2.24) is 5.32 Å². The fourth-order valence-electron chi connectivity index (χ4n) is 2.99. The van der Waals surface area contributed by atoms with Crippen molar-refractivity contribution >= 4 is 21.6 Å². The summed E-state index contributed by atoms with van der Waals surface area (Å²) in [4.78, 5) is 12.9. The number of anilines is 1. The van der Waals surface area contributed by atoms with Crippen molar-refractivity contribution in [3.8, 4) is 5.75 Å². The lowest BCUT2D eigenvalue weighted by atomic mass is 10.1. The summed E-state index contributed by atoms with van der Waals surface area (Å²) in [6, 6.07) is 20.5. The molecule has 3 aromatic carbocycles. The number of sulfonamides is 1. The van der Waals surface area contributed by atoms with Crippen LogP contribution in [-0.4, -0.2) is 27.0 Å². The highest BCUT2D eigenvalue weighted by molar-refractivity contribution is 7.92. The fourth-order valence-corrected chi connectivity index (χ4v) is 4.14. The molecule has 0 fully saturated rings. The maximum Gasteiger partial charge on any atom is 0.261 e. The third kappa shape index (κ3) is 5.86. The first-order chi connectivity index (χ1) is 14.8. The second-order valence-corrected chi connectivity index (χ2v) is 9.08. The molecule has 0 saturated heterocycles. The molecule has 0 heterocycles. The molecule has 0 saturated carbocycles. The average molecular weight is 439 g/mol. The van der Waals surface area contributed by atoms with E-state index in [4.69, 9.17) is 4.74 Å². The number of ether oxygens (including phenoxy) is 1. The molecule has 0 aromatic heterocycles. The summed E-state index contributed by atoms with van der Waals surface area (Å²) in [5.41, 5.74) is 2.45. The number of carbonyl (C=O) groups is 1. The highest BCUT2D eigenvalue weighted by atomic mass is 32.2. The maximum absolute atomic E-state index is 12.8. The number of nitrogens with one attached hydrogen (secondary N) is 2. The molecule has 6 nitrogen and oxygen atoms in total. The van der Waals surface area contributed by atoms with Crippen LogP contribution in [0.5, 0.6) is 5.75 Å². The number of carbonyl (C=O) groups excluding carboxylic acids is 1. The first-order valence-electron chi connectivity index (χ1n) is 9.94. The van der Waals surface area contributed by atoms with E-state index >= 15 is 0 Å². The molecule has 1 amide bonds. The van der Waals surface area contributed by atoms with E-state index in [2.05, 4.69) is 10.0 Å². The van der Waals surface area contributed by atoms with Gasteiger partial charge in [0, 0.05) is 5.56 Å². The van der Waals surface area contributed by atoms with E-state index in [0.717, 1.165) is 11.3 Å². The Morgan fingerprint density at radius 3 is 2.29 bits per heavy atom. The predicted octanol–water partition coefficient (Wildman–Crippen LogP) is 4.30. The molecule has 162 valence electrons. The Hall–Kier alpha value is -3.32. The van der Waals surface area contributed by atoms with E-state index in [0.29, 0.717) is 23.4 Å². The minimum absolute atomic E-state index is 0.158. The van der Waals surface area contributed by atoms with Crippen LogP contribution in [0, 0.1) is 13.8 Å². The molecule has 3 aromatic rings. The Kier molecular flexibility index (Phi) is 6.97. The summed E-state index contributed by atoms with van der Waals surface area (Å²) in [6.45, 7) is 5.88. The van der Waals surface area contributed by atoms with E-state index < -0.39 is 10.0 Å². The third-order valence-corrected chi connectivity index (χ3v) is 6.16. The fraction of sp³-hybridized carbons (Fsp3) is 0.208. The zero-order valence-electron chi connectivity index (χ0n) is 17.8. The molecule has 0 bridgehead atoms. The van der Waals surface area contributed by atoms with E-state index in [1.54, 1.807) is 43.3 Å². The van der Waals surface area contributed by atoms with Gasteiger partial charge in [-0.1, -0.05) is 42.0 Å². The first kappa shape index (κ1) is 22.4. The van der Waals surface area contributed by atoms with Crippen molar-refractivity contribution in [2.24, 2.45) is 0 Å². The first-order valence-corrected chi connectivity index (χ1v) is 11.4. The Balaban J connectivity index is 1.67. The van der Waals surface area contributed by atoms with Gasteiger partial charge in [-0.3, -0.25) is 9.52 Å². The van der Waals surface area contributed by atoms with Crippen molar-refractivity contribution in [3.63, 3.8) is 0 Å². The molecule has 0 aliphatic rings. The second kappa shape index (κ2) is 9.66. The van der Waals surface area contributed by atoms with E-state index in [1.165, 1.54) is 12.1 Å². The largest absolute Gasteiger partial charge is 0.491 e. The van der Waals surface area contributed by atoms with Gasteiger partial charge in [0.1, 0.15) is 12.4 Å². The molecular formula is C24H26N2O4S. The molecule has 0 radical (unpaired) electrons. The van der Waals surface area contributed by atoms with Crippen molar-refractivity contribution < 1.29 is 17.9 Å². The minimum atomic E-state index is -3.75. The summed E-state index contributed by atoms with van der Waals surface area (Å²) < 4.78 is 33.5. The standard InChI is InChI=1S/C24H26N2O4S/c1-17-12-14-20(15-13-17)30-16-18(2)25-24(27)22-10-7-11-23(19(22)3)26-31(28,29)21-8-5-4-6-9-21/h4-15,18,26H,16H2,1-3H3,(H,25,27). The normalized spacial score (nSPS) is 12.1. The number of benzene rings is 3. The lowest BCUT2D eigenvalue weighted by Gasteiger charge is -2.17. The van der Waals surface area contributed by atoms with Gasteiger partial charge in [0.2, 0.25) is 0 Å². The van der Waals surface area contributed by atoms with E-state index in [9.17, 15) is 13.2 Å². The molecule has 0 spiro atoms. The molecule has 7 heteroatoms. The molecule has 0 aliphatic heterocycles. The average Bonchev–Trinajstić information content (AvgIpc) is 2.75. The van der Waals surface area contributed by atoms with Gasteiger partial charge in [-0.25, -0.2) is 8.42 Å². The van der Waals surface area contributed by atoms with Gasteiger partial charge in [0.05, 0.1) is 16.6 Å². The van der Waals surface area contributed by atoms with Gasteiger partial charge in [0.25, 0.3) is 15.9 Å². The number of hydrogen-bond donors (Lipinski definition) is 2. The Labute approximate surface area is 183 Å². The van der Waals surface area contributed by atoms with Gasteiger partial charge < -0.3 is 10.1 Å². The maximum atomic E-state index is 12.8. The molecule has 1 atom stereocenters. The topological polar surface area (TPSA) is 84.5 Å². The third-order valence-electron chi connectivity index (χ3n) is 4.77. The van der Waals surface area contributed by atoms with Crippen LogP contribution in [0.2, 0.25) is 0 Å². The Bertz CT molecular complexity index is 1140. The molecule has 1 unspecified atom stereocenters.